The highest BCUT2D eigenvalue weighted by Gasteiger charge is 2.37. The zero-order valence-corrected chi connectivity index (χ0v) is 20.4. The number of carbonyl (C=O) groups excluding carboxylic acids is 2. The van der Waals surface area contributed by atoms with E-state index in [1.54, 1.807) is 43.5 Å². The quantitative estimate of drug-likeness (QED) is 0.228. The molecule has 32 heavy (non-hydrogen) atoms. The van der Waals surface area contributed by atoms with Crippen molar-refractivity contribution in [2.24, 2.45) is 0 Å². The van der Waals surface area contributed by atoms with E-state index in [1.165, 1.54) is 29.0 Å². The summed E-state index contributed by atoms with van der Waals surface area (Å²) in [5, 5.41) is 2.47. The molecule has 1 aliphatic heterocycles. The lowest BCUT2D eigenvalue weighted by Crippen LogP contribution is -2.47. The number of furan rings is 1. The number of rotatable bonds is 8. The van der Waals surface area contributed by atoms with Crippen molar-refractivity contribution in [2.75, 3.05) is 20.3 Å². The number of hydrogen-bond acceptors (Lipinski definition) is 7. The van der Waals surface area contributed by atoms with Crippen LogP contribution in [0.2, 0.25) is 0 Å². The van der Waals surface area contributed by atoms with Crippen LogP contribution in [0.1, 0.15) is 16.1 Å². The second-order valence-electron chi connectivity index (χ2n) is 6.39. The molecule has 0 radical (unpaired) electrons. The Morgan fingerprint density at radius 2 is 2.03 bits per heavy atom. The van der Waals surface area contributed by atoms with Gasteiger partial charge in [-0.15, -0.1) is 0 Å². The summed E-state index contributed by atoms with van der Waals surface area (Å²) in [6.45, 7) is 0.792. The van der Waals surface area contributed by atoms with E-state index in [2.05, 4.69) is 5.32 Å². The normalized spacial score (nSPS) is 16.5. The molecular weight excluding hydrogens is 519 g/mol. The minimum Gasteiger partial charge on any atom is -0.466 e. The highest BCUT2D eigenvalue weighted by molar-refractivity contribution is 8.26. The lowest BCUT2D eigenvalue weighted by atomic mass is 10.2. The van der Waals surface area contributed by atoms with Gasteiger partial charge < -0.3 is 19.2 Å². The van der Waals surface area contributed by atoms with E-state index in [-0.39, 0.29) is 11.7 Å². The molecule has 1 unspecified atom stereocenters. The molecule has 1 aromatic carbocycles. The molecule has 0 aliphatic carbocycles. The highest BCUT2D eigenvalue weighted by atomic mass is 35.6. The van der Waals surface area contributed by atoms with E-state index < -0.39 is 15.9 Å². The summed E-state index contributed by atoms with van der Waals surface area (Å²) < 4.78 is 14.2. The Kier molecular flexibility index (Phi) is 8.49. The molecule has 1 saturated heterocycles. The van der Waals surface area contributed by atoms with Crippen LogP contribution in [0.15, 0.2) is 52.0 Å². The summed E-state index contributed by atoms with van der Waals surface area (Å²) in [7, 11) is 1.56. The molecule has 1 atom stereocenters. The number of halogens is 3. The summed E-state index contributed by atoms with van der Waals surface area (Å²) >= 11 is 24.4. The third kappa shape index (κ3) is 6.40. The lowest BCUT2D eigenvalue weighted by Gasteiger charge is -2.26. The zero-order chi connectivity index (χ0) is 23.3. The van der Waals surface area contributed by atoms with Crippen LogP contribution >= 0.6 is 58.8 Å². The first kappa shape index (κ1) is 24.9. The Morgan fingerprint density at radius 3 is 2.62 bits per heavy atom. The van der Waals surface area contributed by atoms with Crippen molar-refractivity contribution in [3.8, 4) is 5.75 Å². The third-order valence-corrected chi connectivity index (χ3v) is 6.10. The number of methoxy groups -OCH3 is 1. The molecule has 2 aromatic rings. The molecule has 1 fully saturated rings. The summed E-state index contributed by atoms with van der Waals surface area (Å²) in [4.78, 5) is 26.8. The van der Waals surface area contributed by atoms with Crippen LogP contribution in [0.3, 0.4) is 0 Å². The maximum Gasteiger partial charge on any atom is 0.289 e. The minimum atomic E-state index is -1.95. The highest BCUT2D eigenvalue weighted by Crippen LogP contribution is 2.34. The predicted octanol–water partition coefficient (Wildman–Crippen LogP) is 4.63. The number of ether oxygens (including phenoxy) is 2. The van der Waals surface area contributed by atoms with Gasteiger partial charge in [-0.05, 0) is 35.9 Å². The van der Waals surface area contributed by atoms with Crippen molar-refractivity contribution in [1.29, 1.82) is 0 Å². The van der Waals surface area contributed by atoms with E-state index in [4.69, 9.17) is 60.9 Å². The first-order chi connectivity index (χ1) is 15.2. The molecule has 1 N–H and O–H groups in total. The van der Waals surface area contributed by atoms with Gasteiger partial charge in [0.2, 0.25) is 10.0 Å². The average Bonchev–Trinajstić information content (AvgIpc) is 3.36. The third-order valence-electron chi connectivity index (χ3n) is 4.13. The number of amides is 2. The SMILES string of the molecule is COCCN1C(=O)/C(=C/c2ccc(OC(NC(=O)c3ccco3)C(Cl)(Cl)Cl)cc2)SC1=S. The van der Waals surface area contributed by atoms with Gasteiger partial charge in [0.05, 0.1) is 24.3 Å². The van der Waals surface area contributed by atoms with Gasteiger partial charge in [-0.2, -0.15) is 0 Å². The molecule has 2 amide bonds. The topological polar surface area (TPSA) is 81.0 Å². The Labute approximate surface area is 208 Å². The number of nitrogens with zero attached hydrogens (tertiary/aromatic N) is 1. The van der Waals surface area contributed by atoms with Gasteiger partial charge in [0.25, 0.3) is 11.8 Å². The molecule has 2 heterocycles. The Morgan fingerprint density at radius 1 is 1.31 bits per heavy atom. The molecular formula is C20H17Cl3N2O5S2. The maximum atomic E-state index is 12.5. The number of benzene rings is 1. The standard InChI is InChI=1S/C20H17Cl3N2O5S2/c1-28-10-8-25-17(27)15(32-19(25)31)11-12-4-6-13(7-5-12)30-18(20(21,22)23)24-16(26)14-3-2-9-29-14/h2-7,9,11,18H,8,10H2,1H3,(H,24,26)/b15-11-. The number of thiocarbonyl (C=S) groups is 1. The molecule has 3 rings (SSSR count). The second kappa shape index (κ2) is 10.9. The molecule has 7 nitrogen and oxygen atoms in total. The summed E-state index contributed by atoms with van der Waals surface area (Å²) in [5.41, 5.74) is 0.745. The Hall–Kier alpha value is -1.75. The van der Waals surface area contributed by atoms with Gasteiger partial charge >= 0.3 is 0 Å². The fourth-order valence-electron chi connectivity index (χ4n) is 2.58. The largest absolute Gasteiger partial charge is 0.466 e. The minimum absolute atomic E-state index is 0.0472. The van der Waals surface area contributed by atoms with Gasteiger partial charge in [0.15, 0.2) is 5.76 Å². The molecule has 0 saturated carbocycles. The van der Waals surface area contributed by atoms with Crippen LogP contribution in [0, 0.1) is 0 Å². The monoisotopic (exact) mass is 534 g/mol. The molecule has 1 aromatic heterocycles. The molecule has 1 aliphatic rings. The Balaban J connectivity index is 1.69. The van der Waals surface area contributed by atoms with E-state index >= 15 is 0 Å². The molecule has 0 bridgehead atoms. The summed E-state index contributed by atoms with van der Waals surface area (Å²) in [6.07, 6.45) is 1.79. The number of carbonyl (C=O) groups is 2. The summed E-state index contributed by atoms with van der Waals surface area (Å²) in [5.74, 6) is -0.385. The van der Waals surface area contributed by atoms with Crippen LogP contribution in [-0.4, -0.2) is 51.3 Å². The molecule has 0 spiro atoms. The first-order valence-electron chi connectivity index (χ1n) is 9.11. The summed E-state index contributed by atoms with van der Waals surface area (Å²) in [6, 6.07) is 9.73. The van der Waals surface area contributed by atoms with Gasteiger partial charge in [-0.25, -0.2) is 0 Å². The van der Waals surface area contributed by atoms with Crippen LogP contribution in [-0.2, 0) is 9.53 Å². The van der Waals surface area contributed by atoms with E-state index in [1.807, 2.05) is 0 Å². The Bertz CT molecular complexity index is 1010. The van der Waals surface area contributed by atoms with Crippen molar-refractivity contribution in [2.45, 2.75) is 10.0 Å². The van der Waals surface area contributed by atoms with Crippen LogP contribution < -0.4 is 10.1 Å². The number of alkyl halides is 3. The smallest absolute Gasteiger partial charge is 0.289 e. The van der Waals surface area contributed by atoms with Crippen LogP contribution in [0.4, 0.5) is 0 Å². The maximum absolute atomic E-state index is 12.5. The number of hydrogen-bond donors (Lipinski definition) is 1. The molecule has 170 valence electrons. The van der Waals surface area contributed by atoms with Gasteiger partial charge in [-0.1, -0.05) is 70.9 Å². The van der Waals surface area contributed by atoms with Crippen molar-refractivity contribution in [3.05, 3.63) is 58.9 Å². The first-order valence-corrected chi connectivity index (χ1v) is 11.5. The average molecular weight is 536 g/mol. The fourth-order valence-corrected chi connectivity index (χ4v) is 4.19. The van der Waals surface area contributed by atoms with E-state index in [0.29, 0.717) is 28.1 Å². The van der Waals surface area contributed by atoms with Crippen LogP contribution in [0.5, 0.6) is 5.75 Å². The van der Waals surface area contributed by atoms with Gasteiger partial charge in [0, 0.05) is 7.11 Å². The van der Waals surface area contributed by atoms with Crippen molar-refractivity contribution < 1.29 is 23.5 Å². The van der Waals surface area contributed by atoms with Crippen molar-refractivity contribution in [1.82, 2.24) is 10.2 Å². The number of thioether (sulfide) groups is 1. The fraction of sp³-hybridized carbons (Fsp3) is 0.250. The van der Waals surface area contributed by atoms with E-state index in [0.717, 1.165) is 5.56 Å². The molecule has 12 heteroatoms. The van der Waals surface area contributed by atoms with Crippen LogP contribution in [0.25, 0.3) is 6.08 Å². The van der Waals surface area contributed by atoms with Crippen molar-refractivity contribution in [3.63, 3.8) is 0 Å². The lowest BCUT2D eigenvalue weighted by molar-refractivity contribution is -0.122. The number of nitrogens with one attached hydrogen (secondary N) is 1. The van der Waals surface area contributed by atoms with Crippen molar-refractivity contribution >= 4 is 81.0 Å². The predicted molar refractivity (Wildman–Crippen MR) is 129 cm³/mol. The zero-order valence-electron chi connectivity index (χ0n) is 16.5. The second-order valence-corrected chi connectivity index (χ2v) is 10.4. The van der Waals surface area contributed by atoms with Gasteiger partial charge in [0.1, 0.15) is 10.1 Å². The van der Waals surface area contributed by atoms with Gasteiger partial charge in [-0.3, -0.25) is 14.5 Å². The van der Waals surface area contributed by atoms with E-state index in [9.17, 15) is 9.59 Å².